The summed E-state index contributed by atoms with van der Waals surface area (Å²) in [6.45, 7) is 27.4. The number of phenolic OH excluding ortho intramolecular Hbond substituents is 3. The number of hydrogen-bond acceptors (Lipinski definition) is 9. The van der Waals surface area contributed by atoms with E-state index in [1.54, 1.807) is 11.8 Å². The maximum Gasteiger partial charge on any atom is 0.270 e. The third kappa shape index (κ3) is 19.3. The smallest absolute Gasteiger partial charge is 0.270 e. The molecule has 0 aliphatic carbocycles. The minimum absolute atomic E-state index is 0.00466. The third-order valence-electron chi connectivity index (χ3n) is 16.4. The average molecular weight is 1340 g/mol. The Balaban J connectivity index is 0.000000171. The summed E-state index contributed by atoms with van der Waals surface area (Å²) in [5, 5.41) is 58.2. The van der Waals surface area contributed by atoms with Gasteiger partial charge in [0.2, 0.25) is 0 Å². The third-order valence-corrected chi connectivity index (χ3v) is 22.5. The highest BCUT2D eigenvalue weighted by atomic mass is 32.2. The molecule has 0 atom stereocenters. The molecule has 0 aliphatic rings. The highest BCUT2D eigenvalue weighted by Gasteiger charge is 2.28. The lowest BCUT2D eigenvalue weighted by atomic mass is 9.79. The van der Waals surface area contributed by atoms with Gasteiger partial charge in [-0.25, -0.2) is 0 Å². The van der Waals surface area contributed by atoms with E-state index in [0.717, 1.165) is 44.6 Å². The molecule has 5 N–H and O–H groups in total. The minimum Gasteiger partial charge on any atom is -0.507 e. The summed E-state index contributed by atoms with van der Waals surface area (Å²) in [4.78, 5) is 17.6. The molecule has 12 heteroatoms. The van der Waals surface area contributed by atoms with Crippen LogP contribution in [0.15, 0.2) is 282 Å². The van der Waals surface area contributed by atoms with Gasteiger partial charge in [0, 0.05) is 79.9 Å². The van der Waals surface area contributed by atoms with Crippen LogP contribution in [-0.4, -0.2) is 26.5 Å². The Kier molecular flexibility index (Phi) is 23.9. The number of rotatable bonds is 17. The topological polar surface area (TPSA) is 140 Å². The highest BCUT2D eigenvalue weighted by molar-refractivity contribution is 7.99. The predicted octanol–water partition coefficient (Wildman–Crippen LogP) is 19.9. The summed E-state index contributed by atoms with van der Waals surface area (Å²) >= 11 is 1.74. The summed E-state index contributed by atoms with van der Waals surface area (Å²) in [6.07, 6.45) is 1.48. The molecule has 0 heterocycles. The summed E-state index contributed by atoms with van der Waals surface area (Å²) in [5.74, 6) is 0.741. The maximum atomic E-state index is 11.3. The van der Waals surface area contributed by atoms with Gasteiger partial charge in [-0.1, -0.05) is 295 Å². The number of aromatic hydroxyl groups is 3. The first-order chi connectivity index (χ1) is 46.2. The lowest BCUT2D eigenvalue weighted by molar-refractivity contribution is -0.384. The van der Waals surface area contributed by atoms with E-state index in [9.17, 15) is 25.4 Å². The van der Waals surface area contributed by atoms with Crippen LogP contribution in [-0.2, 0) is 34.7 Å². The van der Waals surface area contributed by atoms with Crippen molar-refractivity contribution in [2.75, 3.05) is 10.6 Å². The van der Waals surface area contributed by atoms with Crippen LogP contribution in [0, 0.1) is 10.1 Å². The van der Waals surface area contributed by atoms with E-state index in [4.69, 9.17) is 0 Å². The molecule has 0 saturated carbocycles. The van der Waals surface area contributed by atoms with Gasteiger partial charge in [-0.05, 0) is 136 Å². The SMILES string of the molecule is CC(C)(C)c1cc(CNc2ccccc2P(c2ccccc2)c2ccccc2)c(O)c(C(C)(C)C)c1.CC(C)(C)c1cc(CNc2ccccc2Sc2ccccc2)c(O)c(C(C)(C)C)c1.O=[N+]([O-])c1ccc(O)c(C=Nc2ccccc2P(c2ccccc2)c2ccccc2)c1. The molecule has 0 spiro atoms. The molecule has 0 radical (unpaired) electrons. The van der Waals surface area contributed by atoms with Gasteiger partial charge in [-0.2, -0.15) is 0 Å². The fraction of sp³-hybridized carbons (Fsp3) is 0.212. The molecule has 0 aliphatic heterocycles. The van der Waals surface area contributed by atoms with Gasteiger partial charge in [-0.3, -0.25) is 15.1 Å². The highest BCUT2D eigenvalue weighted by Crippen LogP contribution is 2.43. The summed E-state index contributed by atoms with van der Waals surface area (Å²) < 4.78 is 0. The fourth-order valence-electron chi connectivity index (χ4n) is 11.0. The van der Waals surface area contributed by atoms with E-state index in [1.165, 1.54) is 71.9 Å². The van der Waals surface area contributed by atoms with Crippen LogP contribution < -0.4 is 42.5 Å². The van der Waals surface area contributed by atoms with Gasteiger partial charge in [0.1, 0.15) is 17.2 Å². The Hall–Kier alpha value is -9.30. The van der Waals surface area contributed by atoms with Crippen LogP contribution in [0.1, 0.15) is 122 Å². The van der Waals surface area contributed by atoms with Crippen LogP contribution in [0.5, 0.6) is 17.2 Å². The number of para-hydroxylation sites is 3. The van der Waals surface area contributed by atoms with Gasteiger partial charge in [0.05, 0.1) is 10.6 Å². The van der Waals surface area contributed by atoms with E-state index in [-0.39, 0.29) is 33.1 Å². The van der Waals surface area contributed by atoms with Crippen molar-refractivity contribution in [2.24, 2.45) is 4.99 Å². The maximum absolute atomic E-state index is 11.3. The van der Waals surface area contributed by atoms with Gasteiger partial charge in [0.25, 0.3) is 5.69 Å². The molecule has 0 bridgehead atoms. The molecule has 11 aromatic rings. The normalized spacial score (nSPS) is 11.8. The Bertz CT molecular complexity index is 4350. The zero-order valence-electron chi connectivity index (χ0n) is 57.8. The number of nitro benzene ring substituents is 1. The average Bonchev–Trinajstić information content (AvgIpc) is 0.803. The van der Waals surface area contributed by atoms with Gasteiger partial charge in [0.15, 0.2) is 0 Å². The molecular formula is C85H90N4O5P2S. The predicted molar refractivity (Wildman–Crippen MR) is 415 cm³/mol. The Morgan fingerprint density at radius 1 is 0.433 bits per heavy atom. The Labute approximate surface area is 581 Å². The minimum atomic E-state index is -0.856. The van der Waals surface area contributed by atoms with Crippen LogP contribution >= 0.6 is 27.6 Å². The van der Waals surface area contributed by atoms with E-state index in [0.29, 0.717) is 30.2 Å². The van der Waals surface area contributed by atoms with E-state index in [2.05, 4.69) is 281 Å². The molecule has 0 fully saturated rings. The zero-order valence-corrected chi connectivity index (χ0v) is 60.4. The monoisotopic (exact) mass is 1340 g/mol. The number of nitrogens with one attached hydrogen (secondary N) is 2. The summed E-state index contributed by atoms with van der Waals surface area (Å²) in [7, 11) is -1.59. The van der Waals surface area contributed by atoms with Crippen molar-refractivity contribution in [3.05, 3.63) is 316 Å². The van der Waals surface area contributed by atoms with Gasteiger partial charge < -0.3 is 26.0 Å². The first-order valence-electron chi connectivity index (χ1n) is 32.8. The molecule has 0 unspecified atom stereocenters. The first-order valence-corrected chi connectivity index (χ1v) is 36.3. The van der Waals surface area contributed by atoms with Crippen LogP contribution in [0.25, 0.3) is 0 Å². The van der Waals surface area contributed by atoms with Crippen LogP contribution in [0.4, 0.5) is 22.7 Å². The summed E-state index contributed by atoms with van der Waals surface area (Å²) in [5.41, 5.74) is 9.24. The second-order valence-corrected chi connectivity index (χ2v) is 33.4. The molecule has 11 aromatic carbocycles. The quantitative estimate of drug-likeness (QED) is 0.0263. The number of nitro groups is 1. The van der Waals surface area contributed by atoms with E-state index >= 15 is 0 Å². The second-order valence-electron chi connectivity index (χ2n) is 28.0. The largest absolute Gasteiger partial charge is 0.507 e. The van der Waals surface area contributed by atoms with Crippen molar-refractivity contribution in [2.45, 2.75) is 128 Å². The van der Waals surface area contributed by atoms with Crippen molar-refractivity contribution < 1.29 is 20.2 Å². The molecule has 0 saturated heterocycles. The number of non-ortho nitro benzene ring substituents is 1. The van der Waals surface area contributed by atoms with Crippen molar-refractivity contribution in [1.82, 2.24) is 0 Å². The van der Waals surface area contributed by atoms with Gasteiger partial charge in [-0.15, -0.1) is 0 Å². The van der Waals surface area contributed by atoms with Crippen LogP contribution in [0.2, 0.25) is 0 Å². The number of aliphatic imine (C=N–C) groups is 1. The van der Waals surface area contributed by atoms with Crippen molar-refractivity contribution >= 4 is 88.4 Å². The number of nitrogens with zero attached hydrogens (tertiary/aromatic N) is 2. The molecular weight excluding hydrogens is 1250 g/mol. The Morgan fingerprint density at radius 2 is 0.814 bits per heavy atom. The fourth-order valence-corrected chi connectivity index (χ4v) is 16.8. The second kappa shape index (κ2) is 32.2. The Morgan fingerprint density at radius 3 is 1.26 bits per heavy atom. The van der Waals surface area contributed by atoms with E-state index in [1.807, 2.05) is 66.7 Å². The number of benzene rings is 11. The lowest BCUT2D eigenvalue weighted by Gasteiger charge is -2.28. The van der Waals surface area contributed by atoms with E-state index < -0.39 is 20.8 Å². The lowest BCUT2D eigenvalue weighted by Crippen LogP contribution is -2.23. The number of hydrogen-bond donors (Lipinski definition) is 5. The van der Waals surface area contributed by atoms with Crippen molar-refractivity contribution in [3.8, 4) is 17.2 Å². The zero-order chi connectivity index (χ0) is 69.5. The molecule has 97 heavy (non-hydrogen) atoms. The first kappa shape index (κ1) is 72.0. The van der Waals surface area contributed by atoms with Crippen molar-refractivity contribution in [3.63, 3.8) is 0 Å². The number of phenols is 3. The summed E-state index contributed by atoms with van der Waals surface area (Å²) in [6, 6.07) is 89.9. The number of anilines is 2. The molecule has 9 nitrogen and oxygen atoms in total. The van der Waals surface area contributed by atoms with Gasteiger partial charge >= 0.3 is 0 Å². The standard InChI is InChI=1S/C33H38NOP.C27H33NOS.C25H19N2O3P/c1-32(2,3)25-21-24(31(35)28(22-25)33(4,5)6)23-34-29-19-13-14-20-30(29)36(26-15-9-7-10-16-26)27-17-11-8-12-18-27;1-26(2,3)20-16-19(25(29)22(17-20)27(4,5)6)18-28-23-14-10-11-15-24(23)30-21-12-8-7-9-13-21;28-24-16-15-20(27(29)30)17-19(24)18-26-23-13-7-8-14-25(23)31(21-9-3-1-4-10-21)22-11-5-2-6-12-22/h7-22,34-35H,23H2,1-6H3;7-17,28-29H,18H2,1-6H3;1-18,28H. The molecule has 11 rings (SSSR count). The molecule has 0 aromatic heterocycles. The van der Waals surface area contributed by atoms with Crippen molar-refractivity contribution in [1.29, 1.82) is 0 Å². The molecule has 0 amide bonds. The van der Waals surface area contributed by atoms with Crippen LogP contribution in [0.3, 0.4) is 0 Å². The molecule has 496 valence electrons.